The van der Waals surface area contributed by atoms with Crippen LogP contribution in [0.2, 0.25) is 5.02 Å². The molecule has 1 atom stereocenters. The SMILES string of the molecule is Cl.N[C@H](c1cccs1)c1cc(Cl)cc(F)c1O. The summed E-state index contributed by atoms with van der Waals surface area (Å²) in [5.41, 5.74) is 6.22. The van der Waals surface area contributed by atoms with Gasteiger partial charge in [0.1, 0.15) is 0 Å². The maximum atomic E-state index is 13.3. The molecule has 0 unspecified atom stereocenters. The minimum Gasteiger partial charge on any atom is -0.505 e. The Kier molecular flexibility index (Phi) is 4.77. The van der Waals surface area contributed by atoms with E-state index in [-0.39, 0.29) is 17.4 Å². The van der Waals surface area contributed by atoms with Crippen molar-refractivity contribution in [3.8, 4) is 5.75 Å². The van der Waals surface area contributed by atoms with Crippen molar-refractivity contribution in [2.45, 2.75) is 6.04 Å². The summed E-state index contributed by atoms with van der Waals surface area (Å²) in [6.07, 6.45) is 0. The molecule has 1 aromatic carbocycles. The van der Waals surface area contributed by atoms with E-state index < -0.39 is 17.6 Å². The highest BCUT2D eigenvalue weighted by Gasteiger charge is 2.17. The standard InChI is InChI=1S/C11H9ClFNOS.ClH/c12-6-4-7(11(15)8(13)5-6)10(14)9-2-1-3-16-9;/h1-5,10,15H,14H2;1H/t10-;/m0./s1. The van der Waals surface area contributed by atoms with Crippen LogP contribution in [0.15, 0.2) is 29.6 Å². The first-order valence-electron chi connectivity index (χ1n) is 4.56. The number of hydrogen-bond donors (Lipinski definition) is 2. The van der Waals surface area contributed by atoms with Gasteiger partial charge in [-0.1, -0.05) is 17.7 Å². The predicted molar refractivity (Wildman–Crippen MR) is 70.7 cm³/mol. The average Bonchev–Trinajstić information content (AvgIpc) is 2.75. The monoisotopic (exact) mass is 293 g/mol. The van der Waals surface area contributed by atoms with Crippen molar-refractivity contribution in [3.05, 3.63) is 50.9 Å². The lowest BCUT2D eigenvalue weighted by molar-refractivity contribution is 0.424. The normalized spacial score (nSPS) is 11.9. The van der Waals surface area contributed by atoms with Crippen molar-refractivity contribution >= 4 is 35.3 Å². The Balaban J connectivity index is 0.00000144. The zero-order valence-corrected chi connectivity index (χ0v) is 11.0. The van der Waals surface area contributed by atoms with Crippen LogP contribution in [0.3, 0.4) is 0 Å². The predicted octanol–water partition coefficient (Wildman–Crippen LogP) is 3.72. The van der Waals surface area contributed by atoms with E-state index in [1.54, 1.807) is 0 Å². The van der Waals surface area contributed by atoms with E-state index in [0.717, 1.165) is 10.9 Å². The molecule has 1 heterocycles. The molecule has 2 aromatic rings. The molecule has 0 amide bonds. The topological polar surface area (TPSA) is 46.2 Å². The fourth-order valence-electron chi connectivity index (χ4n) is 1.44. The molecule has 0 spiro atoms. The molecule has 0 saturated heterocycles. The molecular formula is C11H10Cl2FNOS. The summed E-state index contributed by atoms with van der Waals surface area (Å²) in [5, 5.41) is 11.7. The first-order valence-corrected chi connectivity index (χ1v) is 5.82. The van der Waals surface area contributed by atoms with Gasteiger partial charge in [-0.05, 0) is 23.6 Å². The Morgan fingerprint density at radius 3 is 2.71 bits per heavy atom. The summed E-state index contributed by atoms with van der Waals surface area (Å²) in [7, 11) is 0. The fraction of sp³-hybridized carbons (Fsp3) is 0.0909. The van der Waals surface area contributed by atoms with Crippen LogP contribution in [-0.4, -0.2) is 5.11 Å². The van der Waals surface area contributed by atoms with Crippen LogP contribution in [0, 0.1) is 5.82 Å². The molecule has 0 aliphatic carbocycles. The highest BCUT2D eigenvalue weighted by atomic mass is 35.5. The maximum Gasteiger partial charge on any atom is 0.166 e. The van der Waals surface area contributed by atoms with E-state index in [4.69, 9.17) is 17.3 Å². The molecule has 1 aromatic heterocycles. The molecule has 6 heteroatoms. The molecule has 17 heavy (non-hydrogen) atoms. The van der Waals surface area contributed by atoms with Crippen LogP contribution < -0.4 is 5.73 Å². The Morgan fingerprint density at radius 2 is 2.12 bits per heavy atom. The highest BCUT2D eigenvalue weighted by Crippen LogP contribution is 2.33. The second-order valence-electron chi connectivity index (χ2n) is 3.32. The first-order chi connectivity index (χ1) is 7.59. The molecule has 0 radical (unpaired) electrons. The fourth-order valence-corrected chi connectivity index (χ4v) is 2.40. The lowest BCUT2D eigenvalue weighted by atomic mass is 10.0. The number of rotatable bonds is 2. The third-order valence-corrected chi connectivity index (χ3v) is 3.42. The van der Waals surface area contributed by atoms with E-state index in [2.05, 4.69) is 0 Å². The number of phenols is 1. The summed E-state index contributed by atoms with van der Waals surface area (Å²) < 4.78 is 13.3. The third-order valence-electron chi connectivity index (χ3n) is 2.24. The Bertz CT molecular complexity index is 504. The molecule has 0 saturated carbocycles. The summed E-state index contributed by atoms with van der Waals surface area (Å²) in [5.74, 6) is -1.19. The van der Waals surface area contributed by atoms with Crippen LogP contribution in [0.5, 0.6) is 5.75 Å². The van der Waals surface area contributed by atoms with Crippen LogP contribution in [-0.2, 0) is 0 Å². The largest absolute Gasteiger partial charge is 0.505 e. The smallest absolute Gasteiger partial charge is 0.166 e. The van der Waals surface area contributed by atoms with E-state index in [0.29, 0.717) is 5.56 Å². The van der Waals surface area contributed by atoms with Gasteiger partial charge in [0.15, 0.2) is 11.6 Å². The van der Waals surface area contributed by atoms with Crippen LogP contribution in [0.4, 0.5) is 4.39 Å². The second-order valence-corrected chi connectivity index (χ2v) is 4.73. The molecule has 92 valence electrons. The van der Waals surface area contributed by atoms with Crippen molar-refractivity contribution in [2.24, 2.45) is 5.73 Å². The lowest BCUT2D eigenvalue weighted by Gasteiger charge is -2.12. The molecular weight excluding hydrogens is 284 g/mol. The summed E-state index contributed by atoms with van der Waals surface area (Å²) in [4.78, 5) is 0.844. The molecule has 0 aliphatic rings. The summed E-state index contributed by atoms with van der Waals surface area (Å²) in [6, 6.07) is 5.64. The Morgan fingerprint density at radius 1 is 1.41 bits per heavy atom. The number of benzene rings is 1. The van der Waals surface area contributed by atoms with Crippen molar-refractivity contribution in [1.29, 1.82) is 0 Å². The minimum absolute atomic E-state index is 0. The minimum atomic E-state index is -0.755. The molecule has 2 nitrogen and oxygen atoms in total. The van der Waals surface area contributed by atoms with Crippen molar-refractivity contribution < 1.29 is 9.50 Å². The summed E-state index contributed by atoms with van der Waals surface area (Å²) in [6.45, 7) is 0. The van der Waals surface area contributed by atoms with Crippen LogP contribution in [0.25, 0.3) is 0 Å². The van der Waals surface area contributed by atoms with Gasteiger partial charge in [-0.25, -0.2) is 4.39 Å². The molecule has 0 bridgehead atoms. The Hall–Kier alpha value is -0.810. The van der Waals surface area contributed by atoms with Crippen molar-refractivity contribution in [3.63, 3.8) is 0 Å². The van der Waals surface area contributed by atoms with Gasteiger partial charge in [-0.3, -0.25) is 0 Å². The van der Waals surface area contributed by atoms with Crippen LogP contribution >= 0.6 is 35.3 Å². The van der Waals surface area contributed by atoms with E-state index in [1.807, 2.05) is 17.5 Å². The van der Waals surface area contributed by atoms with Crippen molar-refractivity contribution in [2.75, 3.05) is 0 Å². The maximum absolute atomic E-state index is 13.3. The van der Waals surface area contributed by atoms with Gasteiger partial charge in [0.05, 0.1) is 6.04 Å². The lowest BCUT2D eigenvalue weighted by Crippen LogP contribution is -2.10. The van der Waals surface area contributed by atoms with E-state index in [9.17, 15) is 9.50 Å². The average molecular weight is 294 g/mol. The molecule has 0 fully saturated rings. The number of nitrogens with two attached hydrogens (primary N) is 1. The van der Waals surface area contributed by atoms with Crippen molar-refractivity contribution in [1.82, 2.24) is 0 Å². The molecule has 3 N–H and O–H groups in total. The van der Waals surface area contributed by atoms with Gasteiger partial charge >= 0.3 is 0 Å². The highest BCUT2D eigenvalue weighted by molar-refractivity contribution is 7.10. The number of thiophene rings is 1. The van der Waals surface area contributed by atoms with Gasteiger partial charge in [-0.2, -0.15) is 0 Å². The molecule has 0 aliphatic heterocycles. The van der Waals surface area contributed by atoms with E-state index >= 15 is 0 Å². The van der Waals surface area contributed by atoms with Gasteiger partial charge in [-0.15, -0.1) is 23.7 Å². The Labute approximate surface area is 113 Å². The molecule has 2 rings (SSSR count). The van der Waals surface area contributed by atoms with Gasteiger partial charge in [0, 0.05) is 15.5 Å². The van der Waals surface area contributed by atoms with Gasteiger partial charge in [0.25, 0.3) is 0 Å². The quantitative estimate of drug-likeness (QED) is 0.886. The summed E-state index contributed by atoms with van der Waals surface area (Å²) >= 11 is 7.17. The van der Waals surface area contributed by atoms with Gasteiger partial charge in [0.2, 0.25) is 0 Å². The van der Waals surface area contributed by atoms with Gasteiger partial charge < -0.3 is 10.8 Å². The zero-order valence-electron chi connectivity index (χ0n) is 8.56. The second kappa shape index (κ2) is 5.69. The third kappa shape index (κ3) is 2.90. The number of hydrogen-bond acceptors (Lipinski definition) is 3. The number of phenolic OH excluding ortho intramolecular Hbond substituents is 1. The van der Waals surface area contributed by atoms with Crippen LogP contribution in [0.1, 0.15) is 16.5 Å². The van der Waals surface area contributed by atoms with E-state index in [1.165, 1.54) is 17.4 Å². The number of aromatic hydroxyl groups is 1. The number of halogens is 3. The zero-order chi connectivity index (χ0) is 11.7. The first kappa shape index (κ1) is 14.3.